The molecule has 0 aliphatic carbocycles. The summed E-state index contributed by atoms with van der Waals surface area (Å²) in [6.07, 6.45) is 0. The standard InChI is InChI=1S/C23H18FN5OS2/c1-12-13(2)32-21-19(12)20(25)27-18(28-21)11-31-23-26-16-9-5-3-7-14(16)22(30)29(23)17-10-6-4-8-15(17)24/h3-10H,11H2,1-2H3,(H2,25,27,28). The maximum absolute atomic E-state index is 14.6. The lowest BCUT2D eigenvalue weighted by molar-refractivity contribution is 0.608. The van der Waals surface area contributed by atoms with Crippen molar-refractivity contribution in [3.05, 3.63) is 81.0 Å². The van der Waals surface area contributed by atoms with Crippen LogP contribution < -0.4 is 11.3 Å². The Kier molecular flexibility index (Phi) is 5.15. The second-order valence-electron chi connectivity index (χ2n) is 7.28. The number of hydrogen-bond acceptors (Lipinski definition) is 7. The van der Waals surface area contributed by atoms with Crippen molar-refractivity contribution in [3.63, 3.8) is 0 Å². The summed E-state index contributed by atoms with van der Waals surface area (Å²) in [5.41, 5.74) is 7.67. The van der Waals surface area contributed by atoms with Gasteiger partial charge in [0.25, 0.3) is 5.56 Å². The van der Waals surface area contributed by atoms with Crippen molar-refractivity contribution in [2.45, 2.75) is 24.8 Å². The lowest BCUT2D eigenvalue weighted by Crippen LogP contribution is -2.22. The highest BCUT2D eigenvalue weighted by atomic mass is 32.2. The van der Waals surface area contributed by atoms with Crippen molar-refractivity contribution in [2.24, 2.45) is 0 Å². The van der Waals surface area contributed by atoms with Crippen LogP contribution in [0.1, 0.15) is 16.3 Å². The molecule has 2 aromatic carbocycles. The van der Waals surface area contributed by atoms with Gasteiger partial charge < -0.3 is 5.73 Å². The number of benzene rings is 2. The van der Waals surface area contributed by atoms with Crippen LogP contribution in [-0.4, -0.2) is 19.5 Å². The zero-order chi connectivity index (χ0) is 22.4. The Hall–Kier alpha value is -3.30. The third-order valence-corrected chi connectivity index (χ3v) is 7.31. The van der Waals surface area contributed by atoms with E-state index in [2.05, 4.69) is 15.0 Å². The Labute approximate surface area is 191 Å². The van der Waals surface area contributed by atoms with Gasteiger partial charge in [0.15, 0.2) is 5.16 Å². The zero-order valence-corrected chi connectivity index (χ0v) is 18.9. The molecule has 3 aromatic heterocycles. The van der Waals surface area contributed by atoms with Gasteiger partial charge in [0, 0.05) is 4.88 Å². The van der Waals surface area contributed by atoms with Crippen LogP contribution in [0.5, 0.6) is 0 Å². The predicted octanol–water partition coefficient (Wildman–Crippen LogP) is 5.02. The summed E-state index contributed by atoms with van der Waals surface area (Å²) in [6.45, 7) is 4.04. The fourth-order valence-corrected chi connectivity index (χ4v) is 5.49. The number of nitrogens with zero attached hydrogens (tertiary/aromatic N) is 4. The third-order valence-electron chi connectivity index (χ3n) is 5.27. The quantitative estimate of drug-likeness (QED) is 0.297. The van der Waals surface area contributed by atoms with Crippen LogP contribution in [0.4, 0.5) is 10.2 Å². The fraction of sp³-hybridized carbons (Fsp3) is 0.130. The minimum atomic E-state index is -0.500. The molecule has 2 N–H and O–H groups in total. The van der Waals surface area contributed by atoms with E-state index in [0.717, 1.165) is 20.7 Å². The van der Waals surface area contributed by atoms with Gasteiger partial charge in [0.1, 0.15) is 22.3 Å². The Morgan fingerprint density at radius 1 is 1.06 bits per heavy atom. The Morgan fingerprint density at radius 2 is 1.81 bits per heavy atom. The first-order valence-electron chi connectivity index (χ1n) is 9.85. The third kappa shape index (κ3) is 3.43. The van der Waals surface area contributed by atoms with Crippen molar-refractivity contribution < 1.29 is 4.39 Å². The molecule has 0 atom stereocenters. The summed E-state index contributed by atoms with van der Waals surface area (Å²) in [6, 6.07) is 13.2. The Balaban J connectivity index is 1.61. The summed E-state index contributed by atoms with van der Waals surface area (Å²) >= 11 is 2.84. The van der Waals surface area contributed by atoms with Crippen LogP contribution in [0.15, 0.2) is 58.5 Å². The Bertz CT molecular complexity index is 1560. The molecule has 0 amide bonds. The summed E-state index contributed by atoms with van der Waals surface area (Å²) in [7, 11) is 0. The molecule has 32 heavy (non-hydrogen) atoms. The van der Waals surface area contributed by atoms with Gasteiger partial charge in [0.05, 0.1) is 27.7 Å². The minimum Gasteiger partial charge on any atom is -0.383 e. The van der Waals surface area contributed by atoms with Gasteiger partial charge in [0.2, 0.25) is 0 Å². The van der Waals surface area contributed by atoms with Crippen molar-refractivity contribution in [1.82, 2.24) is 19.5 Å². The van der Waals surface area contributed by atoms with Gasteiger partial charge >= 0.3 is 0 Å². The normalized spacial score (nSPS) is 11.5. The van der Waals surface area contributed by atoms with E-state index in [1.165, 1.54) is 22.4 Å². The van der Waals surface area contributed by atoms with Crippen molar-refractivity contribution in [3.8, 4) is 5.69 Å². The molecule has 0 saturated carbocycles. The zero-order valence-electron chi connectivity index (χ0n) is 17.3. The van der Waals surface area contributed by atoms with Crippen molar-refractivity contribution in [2.75, 3.05) is 5.73 Å². The number of para-hydroxylation sites is 2. The van der Waals surface area contributed by atoms with Gasteiger partial charge in [-0.15, -0.1) is 11.3 Å². The molecule has 0 aliphatic heterocycles. The maximum atomic E-state index is 14.6. The smallest absolute Gasteiger partial charge is 0.266 e. The van der Waals surface area contributed by atoms with Crippen LogP contribution in [0, 0.1) is 19.7 Å². The number of rotatable bonds is 4. The van der Waals surface area contributed by atoms with Crippen LogP contribution in [0.25, 0.3) is 26.8 Å². The summed E-state index contributed by atoms with van der Waals surface area (Å²) in [5, 5.41) is 1.67. The largest absolute Gasteiger partial charge is 0.383 e. The molecule has 0 radical (unpaired) electrons. The van der Waals surface area contributed by atoms with Crippen LogP contribution in [-0.2, 0) is 5.75 Å². The number of nitrogens with two attached hydrogens (primary N) is 1. The average Bonchev–Trinajstić information content (AvgIpc) is 3.07. The molecule has 0 fully saturated rings. The van der Waals surface area contributed by atoms with E-state index in [-0.39, 0.29) is 11.2 Å². The topological polar surface area (TPSA) is 86.7 Å². The average molecular weight is 464 g/mol. The van der Waals surface area contributed by atoms with Gasteiger partial charge in [-0.05, 0) is 43.7 Å². The van der Waals surface area contributed by atoms with E-state index in [0.29, 0.717) is 33.5 Å². The number of fused-ring (bicyclic) bond motifs is 2. The number of aromatic nitrogens is 4. The highest BCUT2D eigenvalue weighted by Gasteiger charge is 2.18. The fourth-order valence-electron chi connectivity index (χ4n) is 3.57. The molecule has 3 heterocycles. The predicted molar refractivity (Wildman–Crippen MR) is 128 cm³/mol. The molecule has 160 valence electrons. The summed E-state index contributed by atoms with van der Waals surface area (Å²) < 4.78 is 15.9. The first kappa shape index (κ1) is 20.6. The second-order valence-corrected chi connectivity index (χ2v) is 9.43. The number of hydrogen-bond donors (Lipinski definition) is 1. The van der Waals surface area contributed by atoms with Crippen LogP contribution >= 0.6 is 23.1 Å². The number of anilines is 1. The lowest BCUT2D eigenvalue weighted by Gasteiger charge is -2.13. The maximum Gasteiger partial charge on any atom is 0.266 e. The molecule has 0 bridgehead atoms. The molecule has 9 heteroatoms. The van der Waals surface area contributed by atoms with E-state index in [1.54, 1.807) is 47.7 Å². The van der Waals surface area contributed by atoms with Gasteiger partial charge in [-0.1, -0.05) is 36.0 Å². The first-order valence-corrected chi connectivity index (χ1v) is 11.7. The molecular formula is C23H18FN5OS2. The van der Waals surface area contributed by atoms with E-state index in [4.69, 9.17) is 5.73 Å². The monoisotopic (exact) mass is 463 g/mol. The highest BCUT2D eigenvalue weighted by Crippen LogP contribution is 2.33. The van der Waals surface area contributed by atoms with Gasteiger partial charge in [-0.3, -0.25) is 9.36 Å². The number of aryl methyl sites for hydroxylation is 2. The van der Waals surface area contributed by atoms with Crippen LogP contribution in [0.2, 0.25) is 0 Å². The SMILES string of the molecule is Cc1sc2nc(CSc3nc4ccccc4c(=O)n3-c3ccccc3F)nc(N)c2c1C. The molecule has 0 unspecified atom stereocenters. The van der Waals surface area contributed by atoms with Crippen LogP contribution in [0.3, 0.4) is 0 Å². The Morgan fingerprint density at radius 3 is 2.62 bits per heavy atom. The molecular weight excluding hydrogens is 445 g/mol. The van der Waals surface area contributed by atoms with E-state index in [1.807, 2.05) is 19.9 Å². The van der Waals surface area contributed by atoms with E-state index < -0.39 is 5.82 Å². The molecule has 5 rings (SSSR count). The molecule has 6 nitrogen and oxygen atoms in total. The number of nitrogen functional groups attached to an aromatic ring is 1. The summed E-state index contributed by atoms with van der Waals surface area (Å²) in [5.74, 6) is 0.796. The molecule has 5 aromatic rings. The minimum absolute atomic E-state index is 0.152. The second kappa shape index (κ2) is 7.99. The highest BCUT2D eigenvalue weighted by molar-refractivity contribution is 7.98. The van der Waals surface area contributed by atoms with E-state index in [9.17, 15) is 9.18 Å². The first-order chi connectivity index (χ1) is 15.4. The molecule has 0 saturated heterocycles. The van der Waals surface area contributed by atoms with Crippen molar-refractivity contribution in [1.29, 1.82) is 0 Å². The number of thiophene rings is 1. The van der Waals surface area contributed by atoms with E-state index >= 15 is 0 Å². The molecule has 0 spiro atoms. The number of thioether (sulfide) groups is 1. The van der Waals surface area contributed by atoms with Gasteiger partial charge in [-0.25, -0.2) is 19.3 Å². The lowest BCUT2D eigenvalue weighted by atomic mass is 10.2. The van der Waals surface area contributed by atoms with Crippen molar-refractivity contribution >= 4 is 50.0 Å². The van der Waals surface area contributed by atoms with Gasteiger partial charge in [-0.2, -0.15) is 0 Å². The number of halogens is 1. The molecule has 0 aliphatic rings. The summed E-state index contributed by atoms with van der Waals surface area (Å²) in [4.78, 5) is 29.0.